The lowest BCUT2D eigenvalue weighted by Crippen LogP contribution is -2.36. The molecule has 0 unspecified atom stereocenters. The molecule has 86 valence electrons. The smallest absolute Gasteiger partial charge is 0.223 e. The SMILES string of the molecule is CN(C)C(=O)CCN=C(N)N(C)C1CC1. The molecule has 0 aromatic rings. The summed E-state index contributed by atoms with van der Waals surface area (Å²) in [7, 11) is 5.43. The van der Waals surface area contributed by atoms with Gasteiger partial charge in [-0.3, -0.25) is 9.79 Å². The molecule has 0 saturated heterocycles. The van der Waals surface area contributed by atoms with E-state index in [1.54, 1.807) is 19.0 Å². The van der Waals surface area contributed by atoms with E-state index in [1.807, 2.05) is 11.9 Å². The fourth-order valence-electron chi connectivity index (χ4n) is 1.25. The average molecular weight is 212 g/mol. The van der Waals surface area contributed by atoms with Crippen LogP contribution in [0, 0.1) is 0 Å². The molecule has 0 aromatic carbocycles. The van der Waals surface area contributed by atoms with Gasteiger partial charge in [-0.05, 0) is 12.8 Å². The van der Waals surface area contributed by atoms with E-state index in [4.69, 9.17) is 5.73 Å². The van der Waals surface area contributed by atoms with E-state index in [1.165, 1.54) is 12.8 Å². The molecule has 0 atom stereocenters. The number of hydrogen-bond donors (Lipinski definition) is 1. The number of aliphatic imine (C=N–C) groups is 1. The molecular weight excluding hydrogens is 192 g/mol. The summed E-state index contributed by atoms with van der Waals surface area (Å²) in [6.45, 7) is 0.472. The second kappa shape index (κ2) is 5.00. The molecule has 1 rings (SSSR count). The Kier molecular flexibility index (Phi) is 3.94. The van der Waals surface area contributed by atoms with E-state index in [-0.39, 0.29) is 5.91 Å². The van der Waals surface area contributed by atoms with Crippen molar-refractivity contribution in [2.75, 3.05) is 27.7 Å². The number of carbonyl (C=O) groups is 1. The van der Waals surface area contributed by atoms with E-state index in [2.05, 4.69) is 4.99 Å². The number of nitrogens with two attached hydrogens (primary N) is 1. The van der Waals surface area contributed by atoms with Crippen LogP contribution in [0.15, 0.2) is 4.99 Å². The van der Waals surface area contributed by atoms with Crippen LogP contribution in [0.1, 0.15) is 19.3 Å². The van der Waals surface area contributed by atoms with Crippen LogP contribution in [-0.2, 0) is 4.79 Å². The maximum Gasteiger partial charge on any atom is 0.223 e. The molecule has 0 heterocycles. The molecule has 1 fully saturated rings. The minimum Gasteiger partial charge on any atom is -0.370 e. The van der Waals surface area contributed by atoms with Gasteiger partial charge in [-0.2, -0.15) is 0 Å². The molecular formula is C10H20N4O. The third-order valence-corrected chi connectivity index (χ3v) is 2.55. The van der Waals surface area contributed by atoms with Crippen molar-refractivity contribution in [3.63, 3.8) is 0 Å². The van der Waals surface area contributed by atoms with Gasteiger partial charge in [0.15, 0.2) is 5.96 Å². The lowest BCUT2D eigenvalue weighted by atomic mass is 10.4. The molecule has 0 aromatic heterocycles. The molecule has 5 heteroatoms. The van der Waals surface area contributed by atoms with Gasteiger partial charge < -0.3 is 15.5 Å². The Labute approximate surface area is 90.9 Å². The first-order valence-electron chi connectivity index (χ1n) is 5.25. The Bertz CT molecular complexity index is 258. The number of rotatable bonds is 4. The van der Waals surface area contributed by atoms with Gasteiger partial charge in [0, 0.05) is 33.6 Å². The van der Waals surface area contributed by atoms with Crippen molar-refractivity contribution in [1.82, 2.24) is 9.80 Å². The van der Waals surface area contributed by atoms with Gasteiger partial charge in [0.1, 0.15) is 0 Å². The number of amides is 1. The Morgan fingerprint density at radius 2 is 2.00 bits per heavy atom. The standard InChI is InChI=1S/C10H20N4O/c1-13(2)9(15)6-7-12-10(11)14(3)8-4-5-8/h8H,4-7H2,1-3H3,(H2,11,12). The van der Waals surface area contributed by atoms with Crippen LogP contribution in [-0.4, -0.2) is 55.4 Å². The van der Waals surface area contributed by atoms with Crippen LogP contribution in [0.5, 0.6) is 0 Å². The van der Waals surface area contributed by atoms with Gasteiger partial charge in [0.2, 0.25) is 5.91 Å². The van der Waals surface area contributed by atoms with Crippen molar-refractivity contribution in [3.05, 3.63) is 0 Å². The highest BCUT2D eigenvalue weighted by atomic mass is 16.2. The van der Waals surface area contributed by atoms with Crippen molar-refractivity contribution in [2.24, 2.45) is 10.7 Å². The van der Waals surface area contributed by atoms with Gasteiger partial charge in [0.05, 0.1) is 6.54 Å². The highest BCUT2D eigenvalue weighted by molar-refractivity contribution is 5.79. The maximum atomic E-state index is 11.2. The van der Waals surface area contributed by atoms with E-state index in [0.717, 1.165) is 0 Å². The fraction of sp³-hybridized carbons (Fsp3) is 0.800. The fourth-order valence-corrected chi connectivity index (χ4v) is 1.25. The molecule has 0 spiro atoms. The van der Waals surface area contributed by atoms with Crippen molar-refractivity contribution in [3.8, 4) is 0 Å². The summed E-state index contributed by atoms with van der Waals surface area (Å²) in [5.41, 5.74) is 5.77. The first-order valence-corrected chi connectivity index (χ1v) is 5.25. The van der Waals surface area contributed by atoms with Gasteiger partial charge in [-0.15, -0.1) is 0 Å². The van der Waals surface area contributed by atoms with Crippen molar-refractivity contribution < 1.29 is 4.79 Å². The number of hydrogen-bond acceptors (Lipinski definition) is 2. The Morgan fingerprint density at radius 3 is 2.47 bits per heavy atom. The highest BCUT2D eigenvalue weighted by Crippen LogP contribution is 2.24. The zero-order valence-corrected chi connectivity index (χ0v) is 9.73. The summed E-state index contributed by atoms with van der Waals surface area (Å²) >= 11 is 0. The number of nitrogens with zero attached hydrogens (tertiary/aromatic N) is 3. The lowest BCUT2D eigenvalue weighted by molar-refractivity contribution is -0.128. The number of guanidine groups is 1. The summed E-state index contributed by atoms with van der Waals surface area (Å²) in [5.74, 6) is 0.629. The summed E-state index contributed by atoms with van der Waals surface area (Å²) in [5, 5.41) is 0. The van der Waals surface area contributed by atoms with E-state index in [9.17, 15) is 4.79 Å². The minimum atomic E-state index is 0.0839. The topological polar surface area (TPSA) is 61.9 Å². The Morgan fingerprint density at radius 1 is 1.40 bits per heavy atom. The van der Waals surface area contributed by atoms with Crippen molar-refractivity contribution in [2.45, 2.75) is 25.3 Å². The van der Waals surface area contributed by atoms with Crippen molar-refractivity contribution in [1.29, 1.82) is 0 Å². The third kappa shape index (κ3) is 3.77. The minimum absolute atomic E-state index is 0.0839. The molecule has 0 bridgehead atoms. The van der Waals surface area contributed by atoms with Crippen LogP contribution in [0.25, 0.3) is 0 Å². The predicted octanol–water partition coefficient (Wildman–Crippen LogP) is -0.126. The van der Waals surface area contributed by atoms with Gasteiger partial charge >= 0.3 is 0 Å². The summed E-state index contributed by atoms with van der Waals surface area (Å²) in [6, 6.07) is 0.568. The maximum absolute atomic E-state index is 11.2. The molecule has 0 radical (unpaired) electrons. The monoisotopic (exact) mass is 212 g/mol. The molecule has 2 N–H and O–H groups in total. The molecule has 0 aliphatic heterocycles. The first-order chi connectivity index (χ1) is 7.02. The van der Waals surface area contributed by atoms with Gasteiger partial charge in [0.25, 0.3) is 0 Å². The average Bonchev–Trinajstić information content (AvgIpc) is 2.99. The number of carbonyl (C=O) groups excluding carboxylic acids is 1. The quantitative estimate of drug-likeness (QED) is 0.522. The van der Waals surface area contributed by atoms with Crippen LogP contribution in [0.2, 0.25) is 0 Å². The molecule has 1 aliphatic rings. The third-order valence-electron chi connectivity index (χ3n) is 2.55. The van der Waals surface area contributed by atoms with E-state index >= 15 is 0 Å². The molecule has 1 aliphatic carbocycles. The van der Waals surface area contributed by atoms with Crippen LogP contribution in [0.4, 0.5) is 0 Å². The lowest BCUT2D eigenvalue weighted by Gasteiger charge is -2.17. The normalized spacial score (nSPS) is 16.3. The Balaban J connectivity index is 2.27. The summed E-state index contributed by atoms with van der Waals surface area (Å²) < 4.78 is 0. The second-order valence-electron chi connectivity index (χ2n) is 4.12. The zero-order chi connectivity index (χ0) is 11.4. The zero-order valence-electron chi connectivity index (χ0n) is 9.73. The first kappa shape index (κ1) is 11.8. The van der Waals surface area contributed by atoms with Crippen LogP contribution in [0.3, 0.4) is 0 Å². The van der Waals surface area contributed by atoms with Crippen LogP contribution >= 0.6 is 0 Å². The van der Waals surface area contributed by atoms with E-state index in [0.29, 0.717) is 25.0 Å². The Hall–Kier alpha value is -1.26. The summed E-state index contributed by atoms with van der Waals surface area (Å²) in [4.78, 5) is 19.0. The van der Waals surface area contributed by atoms with Crippen LogP contribution < -0.4 is 5.73 Å². The van der Waals surface area contributed by atoms with Crippen molar-refractivity contribution >= 4 is 11.9 Å². The van der Waals surface area contributed by atoms with Gasteiger partial charge in [-0.25, -0.2) is 0 Å². The molecule has 5 nitrogen and oxygen atoms in total. The van der Waals surface area contributed by atoms with E-state index < -0.39 is 0 Å². The highest BCUT2D eigenvalue weighted by Gasteiger charge is 2.27. The van der Waals surface area contributed by atoms with Gasteiger partial charge in [-0.1, -0.05) is 0 Å². The molecule has 1 amide bonds. The second-order valence-corrected chi connectivity index (χ2v) is 4.12. The largest absolute Gasteiger partial charge is 0.370 e. The summed E-state index contributed by atoms with van der Waals surface area (Å²) in [6.07, 6.45) is 2.82. The molecule has 15 heavy (non-hydrogen) atoms. The predicted molar refractivity (Wildman–Crippen MR) is 60.6 cm³/mol. The molecule has 1 saturated carbocycles.